The molecule has 3 rings (SSSR count). The van der Waals surface area contributed by atoms with E-state index in [4.69, 9.17) is 0 Å². The zero-order valence-corrected chi connectivity index (χ0v) is 21.4. The second kappa shape index (κ2) is 12.8. The first-order valence-corrected chi connectivity index (χ1v) is 13.9. The number of rotatable bonds is 8. The Morgan fingerprint density at radius 3 is 2.24 bits per heavy atom. The van der Waals surface area contributed by atoms with E-state index >= 15 is 0 Å². The third-order valence-corrected chi connectivity index (χ3v) is 8.59. The zero-order chi connectivity index (χ0) is 23.8. The van der Waals surface area contributed by atoms with Crippen molar-refractivity contribution < 1.29 is 14.4 Å². The Hall–Kier alpha value is -1.57. The lowest BCUT2D eigenvalue weighted by atomic mass is 9.81. The van der Waals surface area contributed by atoms with Crippen LogP contribution >= 0.6 is 11.8 Å². The van der Waals surface area contributed by atoms with Crippen LogP contribution in [0.4, 0.5) is 0 Å². The van der Waals surface area contributed by atoms with Gasteiger partial charge in [0.1, 0.15) is 6.04 Å². The van der Waals surface area contributed by atoms with E-state index in [1.54, 1.807) is 11.8 Å². The summed E-state index contributed by atoms with van der Waals surface area (Å²) in [5.74, 6) is 0.163. The van der Waals surface area contributed by atoms with Crippen LogP contribution in [0.5, 0.6) is 0 Å². The molecule has 7 nitrogen and oxygen atoms in total. The van der Waals surface area contributed by atoms with Gasteiger partial charge in [0.15, 0.2) is 5.17 Å². The summed E-state index contributed by atoms with van der Waals surface area (Å²) in [5.41, 5.74) is 2.50. The van der Waals surface area contributed by atoms with Crippen molar-refractivity contribution >= 4 is 34.5 Å². The van der Waals surface area contributed by atoms with Gasteiger partial charge in [-0.05, 0) is 43.9 Å². The first-order chi connectivity index (χ1) is 15.9. The highest BCUT2D eigenvalue weighted by atomic mass is 32.2. The van der Waals surface area contributed by atoms with Gasteiger partial charge in [-0.3, -0.25) is 14.4 Å². The third kappa shape index (κ3) is 7.46. The van der Waals surface area contributed by atoms with Crippen molar-refractivity contribution in [3.05, 3.63) is 0 Å². The molecule has 0 aromatic heterocycles. The summed E-state index contributed by atoms with van der Waals surface area (Å²) in [6.07, 6.45) is 12.2. The van der Waals surface area contributed by atoms with Crippen molar-refractivity contribution in [1.82, 2.24) is 15.6 Å². The molecule has 2 amide bonds. The molecule has 0 bridgehead atoms. The summed E-state index contributed by atoms with van der Waals surface area (Å²) in [7, 11) is 1.98. The van der Waals surface area contributed by atoms with E-state index in [9.17, 15) is 14.4 Å². The minimum atomic E-state index is -0.746. The highest BCUT2D eigenvalue weighted by molar-refractivity contribution is 8.14. The summed E-state index contributed by atoms with van der Waals surface area (Å²) < 4.78 is 0. The van der Waals surface area contributed by atoms with Crippen LogP contribution in [0.3, 0.4) is 0 Å². The first-order valence-electron chi connectivity index (χ1n) is 12.9. The quantitative estimate of drug-likeness (QED) is 0.312. The molecule has 33 heavy (non-hydrogen) atoms. The van der Waals surface area contributed by atoms with E-state index in [2.05, 4.69) is 34.6 Å². The Bertz CT molecular complexity index is 712. The minimum Gasteiger partial charge on any atom is -0.349 e. The fourth-order valence-corrected chi connectivity index (χ4v) is 6.56. The summed E-state index contributed by atoms with van der Waals surface area (Å²) in [5, 5.41) is 8.02. The number of hydrazone groups is 1. The van der Waals surface area contributed by atoms with Gasteiger partial charge in [-0.1, -0.05) is 70.6 Å². The molecule has 0 aromatic rings. The number of carbonyl (C=O) groups excluding carboxylic acids is 3. The largest absolute Gasteiger partial charge is 0.349 e. The lowest BCUT2D eigenvalue weighted by Crippen LogP contribution is -2.52. The predicted octanol–water partition coefficient (Wildman–Crippen LogP) is 4.07. The van der Waals surface area contributed by atoms with Crippen molar-refractivity contribution in [2.24, 2.45) is 22.9 Å². The average Bonchev–Trinajstić information content (AvgIpc) is 2.99. The Morgan fingerprint density at radius 2 is 1.61 bits per heavy atom. The molecule has 1 aliphatic heterocycles. The zero-order valence-electron chi connectivity index (χ0n) is 20.6. The Morgan fingerprint density at radius 1 is 1.00 bits per heavy atom. The van der Waals surface area contributed by atoms with Crippen LogP contribution in [0, 0.1) is 17.8 Å². The second-order valence-electron chi connectivity index (χ2n) is 10.5. The van der Waals surface area contributed by atoms with Gasteiger partial charge < -0.3 is 10.2 Å². The van der Waals surface area contributed by atoms with Crippen LogP contribution in [0.25, 0.3) is 0 Å². The van der Waals surface area contributed by atoms with Crippen LogP contribution in [0.15, 0.2) is 5.10 Å². The Kier molecular flexibility index (Phi) is 10.1. The fraction of sp³-hybridized carbons (Fsp3) is 0.840. The number of amidine groups is 1. The number of nitrogens with zero attached hydrogens (tertiary/aromatic N) is 2. The van der Waals surface area contributed by atoms with Crippen LogP contribution < -0.4 is 10.7 Å². The first kappa shape index (κ1) is 26.0. The molecule has 1 unspecified atom stereocenters. The van der Waals surface area contributed by atoms with Crippen molar-refractivity contribution in [3.63, 3.8) is 0 Å². The van der Waals surface area contributed by atoms with E-state index < -0.39 is 17.7 Å². The Balaban J connectivity index is 1.63. The lowest BCUT2D eigenvalue weighted by molar-refractivity contribution is -0.141. The molecule has 2 saturated carbocycles. The molecule has 3 fully saturated rings. The van der Waals surface area contributed by atoms with E-state index in [-0.39, 0.29) is 17.7 Å². The second-order valence-corrected chi connectivity index (χ2v) is 11.5. The number of amides is 2. The summed E-state index contributed by atoms with van der Waals surface area (Å²) in [6.45, 7) is 4.39. The molecule has 8 heteroatoms. The Labute approximate surface area is 203 Å². The molecule has 2 N–H and O–H groups in total. The van der Waals surface area contributed by atoms with Crippen LogP contribution in [0.1, 0.15) is 90.9 Å². The van der Waals surface area contributed by atoms with Gasteiger partial charge in [-0.25, -0.2) is 5.43 Å². The molecule has 0 spiro atoms. The number of hydrogen-bond acceptors (Lipinski definition) is 5. The number of ketones is 1. The van der Waals surface area contributed by atoms with E-state index in [1.165, 1.54) is 12.8 Å². The number of hydrogen-bond donors (Lipinski definition) is 2. The number of Topliss-reactive ketones (excluding diaryl/α,β-unsaturated/α-hetero) is 1. The standard InChI is InChI=1S/C25H42N4O3S/c1-17(2)15-20-16-33-25(29(20)3)28-27-24(32)22(30)21(18-11-9-6-10-12-18)26-23(31)19-13-7-4-5-8-14-19/h17-21H,4-16H2,1-3H3,(H,26,31)(H,27,32)/b28-25-/t20-,21?/m1/s1. The van der Waals surface area contributed by atoms with Gasteiger partial charge in [0.25, 0.3) is 0 Å². The van der Waals surface area contributed by atoms with Gasteiger partial charge >= 0.3 is 5.91 Å². The normalized spacial score (nSPS) is 25.2. The molecule has 3 aliphatic rings. The van der Waals surface area contributed by atoms with Gasteiger partial charge in [-0.2, -0.15) is 0 Å². The molecule has 2 atom stereocenters. The molecule has 1 heterocycles. The van der Waals surface area contributed by atoms with Crippen LogP contribution in [0.2, 0.25) is 0 Å². The minimum absolute atomic E-state index is 0.0262. The molecule has 0 radical (unpaired) electrons. The van der Waals surface area contributed by atoms with Crippen LogP contribution in [-0.2, 0) is 14.4 Å². The highest BCUT2D eigenvalue weighted by Crippen LogP contribution is 2.29. The van der Waals surface area contributed by atoms with Crippen LogP contribution in [-0.4, -0.2) is 52.5 Å². The van der Waals surface area contributed by atoms with Gasteiger partial charge in [0, 0.05) is 24.8 Å². The van der Waals surface area contributed by atoms with E-state index in [0.717, 1.165) is 75.1 Å². The highest BCUT2D eigenvalue weighted by Gasteiger charge is 2.36. The number of thioether (sulfide) groups is 1. The molecule has 2 aliphatic carbocycles. The van der Waals surface area contributed by atoms with Crippen molar-refractivity contribution in [1.29, 1.82) is 0 Å². The molecule has 0 aromatic carbocycles. The van der Waals surface area contributed by atoms with Gasteiger partial charge in [-0.15, -0.1) is 5.10 Å². The van der Waals surface area contributed by atoms with Crippen molar-refractivity contribution in [2.75, 3.05) is 12.8 Å². The average molecular weight is 479 g/mol. The van der Waals surface area contributed by atoms with Crippen molar-refractivity contribution in [3.8, 4) is 0 Å². The van der Waals surface area contributed by atoms with E-state index in [1.807, 2.05) is 7.05 Å². The summed E-state index contributed by atoms with van der Waals surface area (Å²) in [6, 6.07) is -0.362. The van der Waals surface area contributed by atoms with Gasteiger partial charge in [0.05, 0.1) is 0 Å². The molecule has 186 valence electrons. The van der Waals surface area contributed by atoms with Gasteiger partial charge in [0.2, 0.25) is 11.7 Å². The summed E-state index contributed by atoms with van der Waals surface area (Å²) in [4.78, 5) is 41.1. The molecule has 1 saturated heterocycles. The smallest absolute Gasteiger partial charge is 0.309 e. The maximum Gasteiger partial charge on any atom is 0.309 e. The SMILES string of the molecule is CC(C)C[C@@H]1CS/C(=N\NC(=O)C(=O)C(NC(=O)C2CCCCCC2)C2CCCCC2)N1C. The number of nitrogens with one attached hydrogen (secondary N) is 2. The predicted molar refractivity (Wildman–Crippen MR) is 134 cm³/mol. The van der Waals surface area contributed by atoms with E-state index in [0.29, 0.717) is 12.0 Å². The topological polar surface area (TPSA) is 90.9 Å². The van der Waals surface area contributed by atoms with Crippen molar-refractivity contribution in [2.45, 2.75) is 103 Å². The molecular formula is C25H42N4O3S. The third-order valence-electron chi connectivity index (χ3n) is 7.40. The fourth-order valence-electron chi connectivity index (χ4n) is 5.39. The maximum absolute atomic E-state index is 13.2. The maximum atomic E-state index is 13.2. The number of carbonyl (C=O) groups is 3. The molecular weight excluding hydrogens is 436 g/mol. The lowest BCUT2D eigenvalue weighted by Gasteiger charge is -2.30. The summed E-state index contributed by atoms with van der Waals surface area (Å²) >= 11 is 1.60. The monoisotopic (exact) mass is 478 g/mol.